The van der Waals surface area contributed by atoms with Gasteiger partial charge in [0.15, 0.2) is 0 Å². The van der Waals surface area contributed by atoms with Gasteiger partial charge in [-0.15, -0.1) is 11.3 Å². The summed E-state index contributed by atoms with van der Waals surface area (Å²) in [4.78, 5) is 28.7. The number of hydrogen-bond donors (Lipinski definition) is 1. The molecule has 144 valence electrons. The lowest BCUT2D eigenvalue weighted by atomic mass is 9.88. The van der Waals surface area contributed by atoms with E-state index in [2.05, 4.69) is 24.4 Å². The van der Waals surface area contributed by atoms with Crippen LogP contribution in [0.4, 0.5) is 0 Å². The van der Waals surface area contributed by atoms with E-state index in [0.717, 1.165) is 29.7 Å². The maximum atomic E-state index is 13.1. The van der Waals surface area contributed by atoms with Crippen molar-refractivity contribution in [3.63, 3.8) is 0 Å². The number of benzene rings is 1. The predicted molar refractivity (Wildman–Crippen MR) is 110 cm³/mol. The normalized spacial score (nSPS) is 20.9. The molecule has 0 spiro atoms. The van der Waals surface area contributed by atoms with Crippen LogP contribution in [0.2, 0.25) is 0 Å². The molecule has 0 radical (unpaired) electrons. The molecule has 1 aromatic carbocycles. The van der Waals surface area contributed by atoms with Crippen LogP contribution in [0.1, 0.15) is 49.6 Å². The topological polar surface area (TPSA) is 49.4 Å². The summed E-state index contributed by atoms with van der Waals surface area (Å²) in [5.74, 6) is 0.0448. The number of hydrogen-bond acceptors (Lipinski definition) is 3. The first-order chi connectivity index (χ1) is 13.1. The molecule has 0 saturated carbocycles. The lowest BCUT2D eigenvalue weighted by Crippen LogP contribution is -2.48. The van der Waals surface area contributed by atoms with Crippen LogP contribution in [0, 0.1) is 5.92 Å². The highest BCUT2D eigenvalue weighted by Crippen LogP contribution is 2.34. The smallest absolute Gasteiger partial charge is 0.228 e. The molecule has 2 heterocycles. The summed E-state index contributed by atoms with van der Waals surface area (Å²) >= 11 is 1.60. The minimum Gasteiger partial charge on any atom is -0.353 e. The van der Waals surface area contributed by atoms with Crippen LogP contribution in [-0.4, -0.2) is 29.3 Å². The number of nitrogens with one attached hydrogen (secondary N) is 1. The Balaban J connectivity index is 1.77. The Bertz CT molecular complexity index is 745. The van der Waals surface area contributed by atoms with Crippen molar-refractivity contribution in [3.05, 3.63) is 58.3 Å². The largest absolute Gasteiger partial charge is 0.353 e. The third-order valence-corrected chi connectivity index (χ3v) is 6.24. The van der Waals surface area contributed by atoms with Crippen LogP contribution in [0.5, 0.6) is 0 Å². The van der Waals surface area contributed by atoms with E-state index in [-0.39, 0.29) is 29.8 Å². The van der Waals surface area contributed by atoms with Crippen molar-refractivity contribution in [1.82, 2.24) is 10.2 Å². The lowest BCUT2D eigenvalue weighted by Gasteiger charge is -2.40. The van der Waals surface area contributed by atoms with Crippen molar-refractivity contribution in [2.24, 2.45) is 5.92 Å². The summed E-state index contributed by atoms with van der Waals surface area (Å²) in [6.07, 6.45) is 2.94. The molecule has 27 heavy (non-hydrogen) atoms. The average Bonchev–Trinajstić information content (AvgIpc) is 3.21. The van der Waals surface area contributed by atoms with Crippen molar-refractivity contribution in [2.75, 3.05) is 6.54 Å². The molecule has 2 aromatic rings. The molecule has 4 nitrogen and oxygen atoms in total. The van der Waals surface area contributed by atoms with Crippen LogP contribution >= 0.6 is 11.3 Å². The molecule has 1 fully saturated rings. The Morgan fingerprint density at radius 2 is 1.96 bits per heavy atom. The minimum atomic E-state index is -0.133. The second kappa shape index (κ2) is 9.18. The average molecular weight is 385 g/mol. The Hall–Kier alpha value is -2.14. The van der Waals surface area contributed by atoms with E-state index in [1.807, 2.05) is 47.5 Å². The van der Waals surface area contributed by atoms with E-state index in [1.165, 1.54) is 0 Å². The fourth-order valence-electron chi connectivity index (χ4n) is 3.61. The van der Waals surface area contributed by atoms with E-state index in [4.69, 9.17) is 0 Å². The summed E-state index contributed by atoms with van der Waals surface area (Å²) in [6.45, 7) is 4.58. The van der Waals surface area contributed by atoms with E-state index in [0.29, 0.717) is 13.0 Å². The highest BCUT2D eigenvalue weighted by Gasteiger charge is 2.35. The molecule has 1 aliphatic heterocycles. The van der Waals surface area contributed by atoms with Crippen molar-refractivity contribution in [1.29, 1.82) is 0 Å². The first kappa shape index (κ1) is 19.6. The Labute approximate surface area is 165 Å². The van der Waals surface area contributed by atoms with E-state index >= 15 is 0 Å². The van der Waals surface area contributed by atoms with Crippen LogP contribution in [0.3, 0.4) is 0 Å². The van der Waals surface area contributed by atoms with E-state index < -0.39 is 0 Å². The van der Waals surface area contributed by atoms with Crippen molar-refractivity contribution >= 4 is 23.2 Å². The summed E-state index contributed by atoms with van der Waals surface area (Å²) in [6, 6.07) is 14.4. The summed E-state index contributed by atoms with van der Waals surface area (Å²) < 4.78 is 0. The molecule has 5 heteroatoms. The van der Waals surface area contributed by atoms with Gasteiger partial charge in [-0.2, -0.15) is 0 Å². The summed E-state index contributed by atoms with van der Waals surface area (Å²) in [5.41, 5.74) is 1.15. The number of piperidine rings is 1. The molecule has 0 aliphatic carbocycles. The van der Waals surface area contributed by atoms with Crippen molar-refractivity contribution < 1.29 is 9.59 Å². The number of likely N-dealkylation sites (tertiary alicyclic amines) is 1. The van der Waals surface area contributed by atoms with Gasteiger partial charge in [0.2, 0.25) is 11.8 Å². The third kappa shape index (κ3) is 4.98. The second-order valence-corrected chi connectivity index (χ2v) is 8.35. The van der Waals surface area contributed by atoms with Gasteiger partial charge < -0.3 is 10.2 Å². The quantitative estimate of drug-likeness (QED) is 0.812. The van der Waals surface area contributed by atoms with Crippen molar-refractivity contribution in [2.45, 2.75) is 51.6 Å². The maximum absolute atomic E-state index is 13.1. The zero-order valence-electron chi connectivity index (χ0n) is 16.1. The molecule has 1 N–H and O–H groups in total. The number of carbonyl (C=O) groups is 2. The number of rotatable bonds is 6. The SMILES string of the molecule is CC[C@H](C)NC(=O)[C@@H]1CC[C@H](c2ccccc2)N(C(=O)Cc2cccs2)C1. The van der Waals surface area contributed by atoms with E-state index in [9.17, 15) is 9.59 Å². The van der Waals surface area contributed by atoms with Crippen molar-refractivity contribution in [3.8, 4) is 0 Å². The molecule has 2 amide bonds. The molecule has 3 atom stereocenters. The summed E-state index contributed by atoms with van der Waals surface area (Å²) in [7, 11) is 0. The molecular formula is C22H28N2O2S. The number of nitrogens with zero attached hydrogens (tertiary/aromatic N) is 1. The Kier molecular flexibility index (Phi) is 6.67. The molecule has 0 unspecified atom stereocenters. The number of thiophene rings is 1. The monoisotopic (exact) mass is 384 g/mol. The van der Waals surface area contributed by atoms with Gasteiger partial charge in [-0.25, -0.2) is 0 Å². The van der Waals surface area contributed by atoms with Gasteiger partial charge in [-0.3, -0.25) is 9.59 Å². The predicted octanol–water partition coefficient (Wildman–Crippen LogP) is 4.19. The van der Waals surface area contributed by atoms with Gasteiger partial charge in [0.05, 0.1) is 18.4 Å². The number of amides is 2. The van der Waals surface area contributed by atoms with Gasteiger partial charge >= 0.3 is 0 Å². The van der Waals surface area contributed by atoms with Crippen LogP contribution < -0.4 is 5.32 Å². The molecule has 1 aliphatic rings. The first-order valence-electron chi connectivity index (χ1n) is 9.75. The molecule has 0 bridgehead atoms. The highest BCUT2D eigenvalue weighted by atomic mass is 32.1. The molecule has 1 saturated heterocycles. The summed E-state index contributed by atoms with van der Waals surface area (Å²) in [5, 5.41) is 5.08. The van der Waals surface area contributed by atoms with Gasteiger partial charge in [0, 0.05) is 17.5 Å². The van der Waals surface area contributed by atoms with Gasteiger partial charge in [-0.05, 0) is 43.2 Å². The second-order valence-electron chi connectivity index (χ2n) is 7.32. The third-order valence-electron chi connectivity index (χ3n) is 5.36. The number of carbonyl (C=O) groups excluding carboxylic acids is 2. The van der Waals surface area contributed by atoms with Crippen LogP contribution in [0.15, 0.2) is 47.8 Å². The fraction of sp³-hybridized carbons (Fsp3) is 0.455. The van der Waals surface area contributed by atoms with Crippen LogP contribution in [-0.2, 0) is 16.0 Å². The zero-order chi connectivity index (χ0) is 19.2. The highest BCUT2D eigenvalue weighted by molar-refractivity contribution is 7.10. The Morgan fingerprint density at radius 3 is 2.63 bits per heavy atom. The van der Waals surface area contributed by atoms with E-state index in [1.54, 1.807) is 11.3 Å². The van der Waals surface area contributed by atoms with Gasteiger partial charge in [0.25, 0.3) is 0 Å². The first-order valence-corrected chi connectivity index (χ1v) is 10.6. The zero-order valence-corrected chi connectivity index (χ0v) is 16.9. The standard InChI is InChI=1S/C22H28N2O2S/c1-3-16(2)23-22(26)18-11-12-20(17-8-5-4-6-9-17)24(15-18)21(25)14-19-10-7-13-27-19/h4-10,13,16,18,20H,3,11-12,14-15H2,1-2H3,(H,23,26)/t16-,18+,20+/m0/s1. The fourth-order valence-corrected chi connectivity index (χ4v) is 4.30. The molecular weight excluding hydrogens is 356 g/mol. The van der Waals surface area contributed by atoms with Gasteiger partial charge in [0.1, 0.15) is 0 Å². The Morgan fingerprint density at radius 1 is 1.19 bits per heavy atom. The van der Waals surface area contributed by atoms with Gasteiger partial charge in [-0.1, -0.05) is 43.3 Å². The molecule has 3 rings (SSSR count). The minimum absolute atomic E-state index is 0.0475. The lowest BCUT2D eigenvalue weighted by molar-refractivity contribution is -0.138. The molecule has 1 aromatic heterocycles. The van der Waals surface area contributed by atoms with Crippen LogP contribution in [0.25, 0.3) is 0 Å². The maximum Gasteiger partial charge on any atom is 0.228 e.